The van der Waals surface area contributed by atoms with E-state index in [1.54, 1.807) is 0 Å². The minimum Gasteiger partial charge on any atom is -0.318 e. The molecule has 1 saturated heterocycles. The average molecular weight is 238 g/mol. The van der Waals surface area contributed by atoms with E-state index in [2.05, 4.69) is 24.2 Å². The second-order valence-corrected chi connectivity index (χ2v) is 6.04. The number of hydrogen-bond donors (Lipinski definition) is 1. The van der Waals surface area contributed by atoms with Crippen LogP contribution in [0.15, 0.2) is 0 Å². The first-order chi connectivity index (χ1) is 8.35. The van der Waals surface area contributed by atoms with Crippen LogP contribution >= 0.6 is 0 Å². The van der Waals surface area contributed by atoms with Crippen molar-refractivity contribution in [2.45, 2.75) is 70.4 Å². The van der Waals surface area contributed by atoms with E-state index in [1.807, 2.05) is 0 Å². The van der Waals surface area contributed by atoms with Gasteiger partial charge in [0.15, 0.2) is 0 Å². The molecule has 1 aliphatic carbocycles. The van der Waals surface area contributed by atoms with Gasteiger partial charge in [-0.25, -0.2) is 0 Å². The van der Waals surface area contributed by atoms with Crippen LogP contribution < -0.4 is 5.32 Å². The van der Waals surface area contributed by atoms with E-state index < -0.39 is 0 Å². The Morgan fingerprint density at radius 3 is 2.76 bits per heavy atom. The van der Waals surface area contributed by atoms with Gasteiger partial charge in [-0.15, -0.1) is 0 Å². The summed E-state index contributed by atoms with van der Waals surface area (Å²) in [6.07, 6.45) is 11.5. The molecule has 1 aliphatic heterocycles. The van der Waals surface area contributed by atoms with E-state index in [0.717, 1.165) is 18.0 Å². The van der Waals surface area contributed by atoms with Crippen LogP contribution in [0.4, 0.5) is 0 Å². The molecule has 0 aromatic carbocycles. The van der Waals surface area contributed by atoms with Crippen LogP contribution in [0.2, 0.25) is 0 Å². The largest absolute Gasteiger partial charge is 0.318 e. The molecule has 2 aliphatic rings. The van der Waals surface area contributed by atoms with Crippen molar-refractivity contribution in [2.75, 3.05) is 20.1 Å². The highest BCUT2D eigenvalue weighted by Crippen LogP contribution is 2.32. The SMILES string of the molecule is CCC1CCCC(N2CCCCC2CNC)C1. The number of piperidine rings is 1. The summed E-state index contributed by atoms with van der Waals surface area (Å²) in [7, 11) is 2.10. The van der Waals surface area contributed by atoms with E-state index in [-0.39, 0.29) is 0 Å². The van der Waals surface area contributed by atoms with Gasteiger partial charge in [-0.1, -0.05) is 32.6 Å². The van der Waals surface area contributed by atoms with E-state index in [0.29, 0.717) is 0 Å². The Balaban J connectivity index is 1.92. The van der Waals surface area contributed by atoms with Gasteiger partial charge in [0.1, 0.15) is 0 Å². The molecule has 17 heavy (non-hydrogen) atoms. The van der Waals surface area contributed by atoms with Gasteiger partial charge in [-0.05, 0) is 45.2 Å². The average Bonchev–Trinajstić information content (AvgIpc) is 2.40. The molecule has 0 radical (unpaired) electrons. The first-order valence-corrected chi connectivity index (χ1v) is 7.75. The lowest BCUT2D eigenvalue weighted by Gasteiger charge is -2.44. The van der Waals surface area contributed by atoms with Crippen LogP contribution in [0, 0.1) is 5.92 Å². The maximum absolute atomic E-state index is 3.39. The van der Waals surface area contributed by atoms with Crippen LogP contribution in [0.3, 0.4) is 0 Å². The molecule has 1 heterocycles. The summed E-state index contributed by atoms with van der Waals surface area (Å²) in [5.41, 5.74) is 0. The Morgan fingerprint density at radius 2 is 2.00 bits per heavy atom. The smallest absolute Gasteiger partial charge is 0.0223 e. The first kappa shape index (κ1) is 13.4. The second kappa shape index (κ2) is 6.75. The Hall–Kier alpha value is -0.0800. The van der Waals surface area contributed by atoms with E-state index in [9.17, 15) is 0 Å². The number of nitrogens with zero attached hydrogens (tertiary/aromatic N) is 1. The molecule has 2 fully saturated rings. The Labute approximate surface area is 107 Å². The first-order valence-electron chi connectivity index (χ1n) is 7.75. The van der Waals surface area contributed by atoms with Crippen molar-refractivity contribution < 1.29 is 0 Å². The van der Waals surface area contributed by atoms with Gasteiger partial charge in [0, 0.05) is 18.6 Å². The lowest BCUT2D eigenvalue weighted by atomic mass is 9.82. The summed E-state index contributed by atoms with van der Waals surface area (Å²) < 4.78 is 0. The van der Waals surface area contributed by atoms with Crippen molar-refractivity contribution in [3.8, 4) is 0 Å². The van der Waals surface area contributed by atoms with Gasteiger partial charge >= 0.3 is 0 Å². The Morgan fingerprint density at radius 1 is 1.12 bits per heavy atom. The molecule has 3 atom stereocenters. The van der Waals surface area contributed by atoms with Gasteiger partial charge in [-0.2, -0.15) is 0 Å². The molecule has 3 unspecified atom stereocenters. The van der Waals surface area contributed by atoms with Crippen molar-refractivity contribution in [1.82, 2.24) is 10.2 Å². The lowest BCUT2D eigenvalue weighted by Crippen LogP contribution is -2.51. The zero-order valence-electron chi connectivity index (χ0n) is 11.8. The number of hydrogen-bond acceptors (Lipinski definition) is 2. The van der Waals surface area contributed by atoms with Gasteiger partial charge in [0.05, 0.1) is 0 Å². The second-order valence-electron chi connectivity index (χ2n) is 6.04. The van der Waals surface area contributed by atoms with Crippen molar-refractivity contribution >= 4 is 0 Å². The van der Waals surface area contributed by atoms with Crippen molar-refractivity contribution in [3.63, 3.8) is 0 Å². The van der Waals surface area contributed by atoms with E-state index in [1.165, 1.54) is 64.5 Å². The van der Waals surface area contributed by atoms with Crippen LogP contribution in [-0.2, 0) is 0 Å². The van der Waals surface area contributed by atoms with Crippen molar-refractivity contribution in [1.29, 1.82) is 0 Å². The molecule has 0 aromatic heterocycles. The Kier molecular flexibility index (Phi) is 5.30. The maximum atomic E-state index is 3.39. The van der Waals surface area contributed by atoms with Gasteiger partial charge in [-0.3, -0.25) is 4.90 Å². The topological polar surface area (TPSA) is 15.3 Å². The third-order valence-corrected chi connectivity index (χ3v) is 4.91. The van der Waals surface area contributed by atoms with Gasteiger partial charge in [0.25, 0.3) is 0 Å². The molecule has 1 N–H and O–H groups in total. The highest BCUT2D eigenvalue weighted by Gasteiger charge is 2.31. The maximum Gasteiger partial charge on any atom is 0.0223 e. The minimum atomic E-state index is 0.814. The fourth-order valence-corrected chi connectivity index (χ4v) is 3.89. The quantitative estimate of drug-likeness (QED) is 0.810. The van der Waals surface area contributed by atoms with Crippen molar-refractivity contribution in [3.05, 3.63) is 0 Å². The summed E-state index contributed by atoms with van der Waals surface area (Å²) in [6, 6.07) is 1.71. The van der Waals surface area contributed by atoms with Crippen LogP contribution in [0.5, 0.6) is 0 Å². The molecule has 0 spiro atoms. The van der Waals surface area contributed by atoms with Crippen molar-refractivity contribution in [2.24, 2.45) is 5.92 Å². The minimum absolute atomic E-state index is 0.814. The summed E-state index contributed by atoms with van der Waals surface area (Å²) in [6.45, 7) is 4.91. The fraction of sp³-hybridized carbons (Fsp3) is 1.00. The molecule has 2 nitrogen and oxygen atoms in total. The zero-order chi connectivity index (χ0) is 12.1. The van der Waals surface area contributed by atoms with E-state index in [4.69, 9.17) is 0 Å². The van der Waals surface area contributed by atoms with Gasteiger partial charge < -0.3 is 5.32 Å². The summed E-state index contributed by atoms with van der Waals surface area (Å²) in [5.74, 6) is 1.01. The van der Waals surface area contributed by atoms with Crippen LogP contribution in [0.1, 0.15) is 58.3 Å². The summed E-state index contributed by atoms with van der Waals surface area (Å²) in [5, 5.41) is 3.39. The third-order valence-electron chi connectivity index (χ3n) is 4.91. The molecule has 2 heteroatoms. The molecule has 0 amide bonds. The van der Waals surface area contributed by atoms with Crippen LogP contribution in [0.25, 0.3) is 0 Å². The highest BCUT2D eigenvalue weighted by molar-refractivity contribution is 4.87. The predicted molar refractivity (Wildman–Crippen MR) is 74.3 cm³/mol. The molecule has 100 valence electrons. The summed E-state index contributed by atoms with van der Waals surface area (Å²) in [4.78, 5) is 2.85. The molecular weight excluding hydrogens is 208 g/mol. The third kappa shape index (κ3) is 3.45. The molecule has 2 rings (SSSR count). The monoisotopic (exact) mass is 238 g/mol. The standard InChI is InChI=1S/C15H30N2/c1-3-13-7-6-9-14(11-13)17-10-5-4-8-15(17)12-16-2/h13-16H,3-12H2,1-2H3. The van der Waals surface area contributed by atoms with Crippen LogP contribution in [-0.4, -0.2) is 37.1 Å². The number of likely N-dealkylation sites (N-methyl/N-ethyl adjacent to an activating group) is 1. The Bertz CT molecular complexity index is 215. The zero-order valence-corrected chi connectivity index (χ0v) is 11.8. The number of rotatable bonds is 4. The highest BCUT2D eigenvalue weighted by atomic mass is 15.2. The number of likely N-dealkylation sites (tertiary alicyclic amines) is 1. The normalized spacial score (nSPS) is 36.0. The predicted octanol–water partition coefficient (Wildman–Crippen LogP) is 3.03. The fourth-order valence-electron chi connectivity index (χ4n) is 3.89. The molecular formula is C15H30N2. The van der Waals surface area contributed by atoms with Gasteiger partial charge in [0.2, 0.25) is 0 Å². The molecule has 0 aromatic rings. The molecule has 0 bridgehead atoms. The lowest BCUT2D eigenvalue weighted by molar-refractivity contribution is 0.0583. The number of nitrogens with one attached hydrogen (secondary N) is 1. The van der Waals surface area contributed by atoms with E-state index >= 15 is 0 Å². The molecule has 1 saturated carbocycles. The summed E-state index contributed by atoms with van der Waals surface area (Å²) >= 11 is 0.